The van der Waals surface area contributed by atoms with Crippen molar-refractivity contribution in [2.75, 3.05) is 19.6 Å². The van der Waals surface area contributed by atoms with Gasteiger partial charge in [0, 0.05) is 12.6 Å². The fourth-order valence-electron chi connectivity index (χ4n) is 2.45. The van der Waals surface area contributed by atoms with Gasteiger partial charge < -0.3 is 10.4 Å². The van der Waals surface area contributed by atoms with Crippen molar-refractivity contribution in [2.24, 2.45) is 5.92 Å². The van der Waals surface area contributed by atoms with E-state index in [1.165, 1.54) is 0 Å². The highest BCUT2D eigenvalue weighted by molar-refractivity contribution is 5.95. The molecule has 3 N–H and O–H groups in total. The molecule has 1 aliphatic rings. The Labute approximate surface area is 125 Å². The summed E-state index contributed by atoms with van der Waals surface area (Å²) in [6.45, 7) is 4.16. The molecule has 0 bridgehead atoms. The molecule has 7 heteroatoms. The minimum Gasteiger partial charge on any atom is -0.480 e. The average molecular weight is 299 g/mol. The first-order valence-corrected chi connectivity index (χ1v) is 7.42. The fourth-order valence-corrected chi connectivity index (χ4v) is 2.45. The standard InChI is InChI=1S/C14H25N3O4/c1-10(2)7-15-14(21)16-12(18)8-17(9-13(19)20)11-5-3-4-6-11/h10-11H,3-9H2,1-2H3,(H,19,20)(H2,15,16,18,21). The van der Waals surface area contributed by atoms with Crippen molar-refractivity contribution in [3.63, 3.8) is 0 Å². The lowest BCUT2D eigenvalue weighted by Gasteiger charge is -2.26. The number of rotatable bonds is 7. The quantitative estimate of drug-likeness (QED) is 0.646. The molecule has 1 aliphatic carbocycles. The average Bonchev–Trinajstić information content (AvgIpc) is 2.88. The van der Waals surface area contributed by atoms with Crippen LogP contribution < -0.4 is 10.6 Å². The molecule has 0 aromatic heterocycles. The fraction of sp³-hybridized carbons (Fsp3) is 0.786. The zero-order valence-electron chi connectivity index (χ0n) is 12.7. The monoisotopic (exact) mass is 299 g/mol. The van der Waals surface area contributed by atoms with Crippen LogP contribution in [0.15, 0.2) is 0 Å². The van der Waals surface area contributed by atoms with Gasteiger partial charge in [-0.25, -0.2) is 4.79 Å². The Balaban J connectivity index is 2.43. The zero-order valence-corrected chi connectivity index (χ0v) is 12.7. The van der Waals surface area contributed by atoms with E-state index >= 15 is 0 Å². The molecule has 1 saturated carbocycles. The normalized spacial score (nSPS) is 15.4. The molecule has 0 atom stereocenters. The summed E-state index contributed by atoms with van der Waals surface area (Å²) in [7, 11) is 0. The van der Waals surface area contributed by atoms with Gasteiger partial charge in [0.1, 0.15) is 0 Å². The molecule has 0 unspecified atom stereocenters. The van der Waals surface area contributed by atoms with E-state index in [0.717, 1.165) is 25.7 Å². The van der Waals surface area contributed by atoms with Crippen LogP contribution in [0.1, 0.15) is 39.5 Å². The maximum atomic E-state index is 11.8. The van der Waals surface area contributed by atoms with E-state index in [4.69, 9.17) is 5.11 Å². The minimum atomic E-state index is -0.959. The molecule has 0 aliphatic heterocycles. The van der Waals surface area contributed by atoms with Gasteiger partial charge in [-0.1, -0.05) is 26.7 Å². The van der Waals surface area contributed by atoms with Crippen molar-refractivity contribution in [1.82, 2.24) is 15.5 Å². The molecule has 0 heterocycles. The third kappa shape index (κ3) is 7.08. The van der Waals surface area contributed by atoms with Crippen LogP contribution in [0.2, 0.25) is 0 Å². The van der Waals surface area contributed by atoms with Crippen molar-refractivity contribution >= 4 is 17.9 Å². The van der Waals surface area contributed by atoms with Crippen LogP contribution in [-0.2, 0) is 9.59 Å². The highest BCUT2D eigenvalue weighted by atomic mass is 16.4. The van der Waals surface area contributed by atoms with Crippen LogP contribution in [0, 0.1) is 5.92 Å². The Kier molecular flexibility index (Phi) is 7.14. The van der Waals surface area contributed by atoms with Crippen LogP contribution in [-0.4, -0.2) is 53.6 Å². The number of amides is 3. The van der Waals surface area contributed by atoms with Crippen LogP contribution in [0.4, 0.5) is 4.79 Å². The van der Waals surface area contributed by atoms with Gasteiger partial charge in [-0.2, -0.15) is 0 Å². The molecule has 0 saturated heterocycles. The number of carbonyl (C=O) groups is 3. The van der Waals surface area contributed by atoms with Crippen molar-refractivity contribution in [3.05, 3.63) is 0 Å². The van der Waals surface area contributed by atoms with Gasteiger partial charge in [0.25, 0.3) is 0 Å². The Morgan fingerprint density at radius 2 is 1.81 bits per heavy atom. The van der Waals surface area contributed by atoms with Gasteiger partial charge in [-0.15, -0.1) is 0 Å². The number of hydrogen-bond acceptors (Lipinski definition) is 4. The lowest BCUT2D eigenvalue weighted by Crippen LogP contribution is -2.48. The van der Waals surface area contributed by atoms with Gasteiger partial charge >= 0.3 is 12.0 Å². The summed E-state index contributed by atoms with van der Waals surface area (Å²) in [4.78, 5) is 35.9. The summed E-state index contributed by atoms with van der Waals surface area (Å²) < 4.78 is 0. The van der Waals surface area contributed by atoms with E-state index in [9.17, 15) is 14.4 Å². The number of hydrogen-bond donors (Lipinski definition) is 3. The predicted molar refractivity (Wildman–Crippen MR) is 77.8 cm³/mol. The molecular formula is C14H25N3O4. The predicted octanol–water partition coefficient (Wildman–Crippen LogP) is 0.797. The number of carboxylic acids is 1. The highest BCUT2D eigenvalue weighted by Gasteiger charge is 2.26. The van der Waals surface area contributed by atoms with Crippen molar-refractivity contribution in [1.29, 1.82) is 0 Å². The van der Waals surface area contributed by atoms with Crippen molar-refractivity contribution in [2.45, 2.75) is 45.6 Å². The Bertz CT molecular complexity index is 378. The van der Waals surface area contributed by atoms with E-state index < -0.39 is 17.9 Å². The maximum Gasteiger partial charge on any atom is 0.321 e. The third-order valence-corrected chi connectivity index (χ3v) is 3.45. The Hall–Kier alpha value is -1.63. The summed E-state index contributed by atoms with van der Waals surface area (Å²) in [6, 6.07) is -0.416. The lowest BCUT2D eigenvalue weighted by atomic mass is 10.2. The molecule has 7 nitrogen and oxygen atoms in total. The lowest BCUT2D eigenvalue weighted by molar-refractivity contribution is -0.139. The molecule has 0 aromatic rings. The topological polar surface area (TPSA) is 98.7 Å². The van der Waals surface area contributed by atoms with Gasteiger partial charge in [0.15, 0.2) is 0 Å². The number of urea groups is 1. The molecule has 21 heavy (non-hydrogen) atoms. The van der Waals surface area contributed by atoms with Crippen LogP contribution in [0.25, 0.3) is 0 Å². The van der Waals surface area contributed by atoms with Crippen LogP contribution in [0.3, 0.4) is 0 Å². The van der Waals surface area contributed by atoms with Crippen LogP contribution in [0.5, 0.6) is 0 Å². The number of nitrogens with zero attached hydrogens (tertiary/aromatic N) is 1. The molecule has 1 rings (SSSR count). The van der Waals surface area contributed by atoms with E-state index in [-0.39, 0.29) is 19.1 Å². The second kappa shape index (κ2) is 8.61. The summed E-state index contributed by atoms with van der Waals surface area (Å²) in [5.74, 6) is -1.13. The Morgan fingerprint density at radius 3 is 2.33 bits per heavy atom. The summed E-state index contributed by atoms with van der Waals surface area (Å²) in [5.41, 5.74) is 0. The van der Waals surface area contributed by atoms with E-state index in [1.54, 1.807) is 4.90 Å². The van der Waals surface area contributed by atoms with Crippen LogP contribution >= 0.6 is 0 Å². The van der Waals surface area contributed by atoms with E-state index in [0.29, 0.717) is 12.5 Å². The summed E-state index contributed by atoms with van der Waals surface area (Å²) in [5, 5.41) is 13.8. The highest BCUT2D eigenvalue weighted by Crippen LogP contribution is 2.23. The van der Waals surface area contributed by atoms with Gasteiger partial charge in [0.2, 0.25) is 5.91 Å². The summed E-state index contributed by atoms with van der Waals surface area (Å²) in [6.07, 6.45) is 3.91. The van der Waals surface area contributed by atoms with Gasteiger partial charge in [-0.05, 0) is 18.8 Å². The Morgan fingerprint density at radius 1 is 1.19 bits per heavy atom. The van der Waals surface area contributed by atoms with Gasteiger partial charge in [0.05, 0.1) is 13.1 Å². The van der Waals surface area contributed by atoms with Gasteiger partial charge in [-0.3, -0.25) is 19.8 Å². The first-order valence-electron chi connectivity index (χ1n) is 7.42. The largest absolute Gasteiger partial charge is 0.480 e. The third-order valence-electron chi connectivity index (χ3n) is 3.45. The second-order valence-corrected chi connectivity index (χ2v) is 5.89. The number of nitrogens with one attached hydrogen (secondary N) is 2. The molecule has 120 valence electrons. The minimum absolute atomic E-state index is 0.0634. The van der Waals surface area contributed by atoms with E-state index in [1.807, 2.05) is 13.8 Å². The van der Waals surface area contributed by atoms with E-state index in [2.05, 4.69) is 10.6 Å². The number of carbonyl (C=O) groups excluding carboxylic acids is 2. The molecular weight excluding hydrogens is 274 g/mol. The molecule has 3 amide bonds. The molecule has 0 aromatic carbocycles. The molecule has 0 spiro atoms. The number of aliphatic carboxylic acids is 1. The first kappa shape index (κ1) is 17.4. The first-order chi connectivity index (χ1) is 9.88. The zero-order chi connectivity index (χ0) is 15.8. The van der Waals surface area contributed by atoms with Crippen molar-refractivity contribution in [3.8, 4) is 0 Å². The molecule has 0 radical (unpaired) electrons. The smallest absolute Gasteiger partial charge is 0.321 e. The SMILES string of the molecule is CC(C)CNC(=O)NC(=O)CN(CC(=O)O)C1CCCC1. The second-order valence-electron chi connectivity index (χ2n) is 5.89. The van der Waals surface area contributed by atoms with Crippen molar-refractivity contribution < 1.29 is 19.5 Å². The summed E-state index contributed by atoms with van der Waals surface area (Å²) >= 11 is 0. The number of imide groups is 1. The number of carboxylic acid groups (broad SMARTS) is 1. The molecule has 1 fully saturated rings. The maximum absolute atomic E-state index is 11.8.